The smallest absolute Gasteiger partial charge is 0.323 e. The third-order valence-corrected chi connectivity index (χ3v) is 3.76. The molecule has 1 aromatic heterocycles. The summed E-state index contributed by atoms with van der Waals surface area (Å²) in [4.78, 5) is 24.1. The third kappa shape index (κ3) is 5.20. The van der Waals surface area contributed by atoms with Crippen LogP contribution in [0.3, 0.4) is 0 Å². The maximum atomic E-state index is 12.1. The predicted molar refractivity (Wildman–Crippen MR) is 102 cm³/mol. The molecule has 3 amide bonds. The molecule has 0 saturated heterocycles. The highest BCUT2D eigenvalue weighted by atomic mass is 16.4. The lowest BCUT2D eigenvalue weighted by molar-refractivity contribution is 0.0901. The zero-order chi connectivity index (χ0) is 19.1. The summed E-state index contributed by atoms with van der Waals surface area (Å²) < 4.78 is 5.08. The van der Waals surface area contributed by atoms with Gasteiger partial charge in [-0.2, -0.15) is 0 Å². The molecule has 0 fully saturated rings. The first-order chi connectivity index (χ1) is 13.1. The lowest BCUT2D eigenvalue weighted by atomic mass is 10.2. The van der Waals surface area contributed by atoms with Crippen molar-refractivity contribution in [3.05, 3.63) is 84.3 Å². The van der Waals surface area contributed by atoms with Gasteiger partial charge in [-0.15, -0.1) is 0 Å². The topological polar surface area (TPSA) is 104 Å². The van der Waals surface area contributed by atoms with Crippen LogP contribution < -0.4 is 16.0 Å². The van der Waals surface area contributed by atoms with E-state index in [2.05, 4.69) is 16.0 Å². The van der Waals surface area contributed by atoms with Crippen LogP contribution in [0, 0.1) is 0 Å². The molecule has 0 aliphatic rings. The monoisotopic (exact) mass is 365 g/mol. The van der Waals surface area contributed by atoms with Crippen molar-refractivity contribution < 1.29 is 19.1 Å². The zero-order valence-electron chi connectivity index (χ0n) is 14.4. The molecule has 3 aromatic rings. The van der Waals surface area contributed by atoms with Crippen molar-refractivity contribution >= 4 is 23.3 Å². The van der Waals surface area contributed by atoms with E-state index in [1.165, 1.54) is 6.26 Å². The van der Waals surface area contributed by atoms with Crippen molar-refractivity contribution in [3.8, 4) is 0 Å². The molecule has 0 aliphatic carbocycles. The Labute approximate surface area is 156 Å². The van der Waals surface area contributed by atoms with E-state index < -0.39 is 6.10 Å². The molecule has 0 aliphatic heterocycles. The molecule has 7 nitrogen and oxygen atoms in total. The van der Waals surface area contributed by atoms with Gasteiger partial charge in [-0.05, 0) is 48.5 Å². The first kappa shape index (κ1) is 18.2. The van der Waals surface area contributed by atoms with Gasteiger partial charge in [-0.3, -0.25) is 4.79 Å². The van der Waals surface area contributed by atoms with Crippen molar-refractivity contribution in [1.82, 2.24) is 5.32 Å². The van der Waals surface area contributed by atoms with Crippen LogP contribution in [0.2, 0.25) is 0 Å². The molecule has 0 bridgehead atoms. The second kappa shape index (κ2) is 8.68. The van der Waals surface area contributed by atoms with Gasteiger partial charge in [0.15, 0.2) is 0 Å². The van der Waals surface area contributed by atoms with Crippen LogP contribution in [-0.4, -0.2) is 23.6 Å². The molecule has 27 heavy (non-hydrogen) atoms. The molecule has 1 atom stereocenters. The van der Waals surface area contributed by atoms with Crippen molar-refractivity contribution in [2.45, 2.75) is 6.10 Å². The molecule has 4 N–H and O–H groups in total. The minimum Gasteiger partial charge on any atom is -0.467 e. The van der Waals surface area contributed by atoms with Crippen molar-refractivity contribution in [2.24, 2.45) is 0 Å². The molecule has 1 heterocycles. The summed E-state index contributed by atoms with van der Waals surface area (Å²) in [6.45, 7) is 0.0336. The predicted octanol–water partition coefficient (Wildman–Crippen LogP) is 3.39. The number of hydrogen-bond acceptors (Lipinski definition) is 4. The maximum absolute atomic E-state index is 12.1. The normalized spacial score (nSPS) is 11.4. The van der Waals surface area contributed by atoms with E-state index in [0.717, 1.165) is 0 Å². The number of furan rings is 1. The molecule has 3 rings (SSSR count). The fraction of sp³-hybridized carbons (Fsp3) is 0.100. The Morgan fingerprint density at radius 1 is 0.889 bits per heavy atom. The van der Waals surface area contributed by atoms with Gasteiger partial charge in [0.25, 0.3) is 5.91 Å². The maximum Gasteiger partial charge on any atom is 0.323 e. The lowest BCUT2D eigenvalue weighted by Crippen LogP contribution is -2.28. The number of carbonyl (C=O) groups is 2. The quantitative estimate of drug-likeness (QED) is 0.537. The van der Waals surface area contributed by atoms with Crippen LogP contribution in [0.15, 0.2) is 77.4 Å². The minimum atomic E-state index is -0.911. The summed E-state index contributed by atoms with van der Waals surface area (Å²) in [5.74, 6) is 0.0557. The highest BCUT2D eigenvalue weighted by Crippen LogP contribution is 2.13. The standard InChI is InChI=1S/C20H19N3O4/c24-17(18-7-4-12-27-18)13-21-19(25)14-8-10-16(11-9-14)23-20(26)22-15-5-2-1-3-6-15/h1-12,17,24H,13H2,(H,21,25)(H2,22,23,26). The molecule has 0 radical (unpaired) electrons. The van der Waals surface area contributed by atoms with Crippen LogP contribution in [-0.2, 0) is 0 Å². The number of benzene rings is 2. The van der Waals surface area contributed by atoms with Crippen LogP contribution in [0.1, 0.15) is 22.2 Å². The van der Waals surface area contributed by atoms with E-state index in [0.29, 0.717) is 22.7 Å². The minimum absolute atomic E-state index is 0.0336. The molecule has 0 spiro atoms. The van der Waals surface area contributed by atoms with Crippen LogP contribution in [0.25, 0.3) is 0 Å². The highest BCUT2D eigenvalue weighted by Gasteiger charge is 2.13. The lowest BCUT2D eigenvalue weighted by Gasteiger charge is -2.10. The SMILES string of the molecule is O=C(Nc1ccccc1)Nc1ccc(C(=O)NCC(O)c2ccco2)cc1. The Hall–Kier alpha value is -3.58. The summed E-state index contributed by atoms with van der Waals surface area (Å²) in [6.07, 6.45) is 0.548. The van der Waals surface area contributed by atoms with Gasteiger partial charge in [0, 0.05) is 16.9 Å². The summed E-state index contributed by atoms with van der Waals surface area (Å²) in [7, 11) is 0. The Morgan fingerprint density at radius 3 is 2.19 bits per heavy atom. The summed E-state index contributed by atoms with van der Waals surface area (Å²) >= 11 is 0. The second-order valence-electron chi connectivity index (χ2n) is 5.76. The summed E-state index contributed by atoms with van der Waals surface area (Å²) in [5, 5.41) is 17.9. The number of hydrogen-bond donors (Lipinski definition) is 4. The average molecular weight is 365 g/mol. The second-order valence-corrected chi connectivity index (χ2v) is 5.76. The number of urea groups is 1. The number of para-hydroxylation sites is 1. The van der Waals surface area contributed by atoms with Gasteiger partial charge in [0.1, 0.15) is 11.9 Å². The van der Waals surface area contributed by atoms with E-state index in [1.807, 2.05) is 18.2 Å². The first-order valence-corrected chi connectivity index (χ1v) is 8.34. The molecule has 0 saturated carbocycles. The highest BCUT2D eigenvalue weighted by molar-refractivity contribution is 6.00. The van der Waals surface area contributed by atoms with E-state index in [1.54, 1.807) is 48.5 Å². The fourth-order valence-electron chi connectivity index (χ4n) is 2.39. The number of nitrogens with one attached hydrogen (secondary N) is 3. The molecule has 1 unspecified atom stereocenters. The van der Waals surface area contributed by atoms with Gasteiger partial charge >= 0.3 is 6.03 Å². The third-order valence-electron chi connectivity index (χ3n) is 3.76. The van der Waals surface area contributed by atoms with Gasteiger partial charge in [0.2, 0.25) is 0 Å². The number of amides is 3. The first-order valence-electron chi connectivity index (χ1n) is 8.34. The van der Waals surface area contributed by atoms with E-state index in [-0.39, 0.29) is 18.5 Å². The van der Waals surface area contributed by atoms with Crippen LogP contribution in [0.5, 0.6) is 0 Å². The van der Waals surface area contributed by atoms with E-state index in [9.17, 15) is 14.7 Å². The number of aliphatic hydroxyl groups is 1. The van der Waals surface area contributed by atoms with Gasteiger partial charge < -0.3 is 25.5 Å². The van der Waals surface area contributed by atoms with E-state index >= 15 is 0 Å². The summed E-state index contributed by atoms with van der Waals surface area (Å²) in [5.41, 5.74) is 1.65. The number of anilines is 2. The molecule has 2 aromatic carbocycles. The Kier molecular flexibility index (Phi) is 5.86. The number of rotatable bonds is 6. The Balaban J connectivity index is 1.50. The Bertz CT molecular complexity index is 877. The van der Waals surface area contributed by atoms with Crippen LogP contribution >= 0.6 is 0 Å². The van der Waals surface area contributed by atoms with Gasteiger partial charge in [-0.25, -0.2) is 4.79 Å². The van der Waals surface area contributed by atoms with Crippen LogP contribution in [0.4, 0.5) is 16.2 Å². The average Bonchev–Trinajstić information content (AvgIpc) is 3.22. The largest absolute Gasteiger partial charge is 0.467 e. The number of aliphatic hydroxyl groups excluding tert-OH is 1. The van der Waals surface area contributed by atoms with E-state index in [4.69, 9.17) is 4.42 Å². The Morgan fingerprint density at radius 2 is 1.56 bits per heavy atom. The molecule has 7 heteroatoms. The fourth-order valence-corrected chi connectivity index (χ4v) is 2.39. The van der Waals surface area contributed by atoms with Gasteiger partial charge in [-0.1, -0.05) is 18.2 Å². The van der Waals surface area contributed by atoms with Gasteiger partial charge in [0.05, 0.1) is 12.8 Å². The molecular weight excluding hydrogens is 346 g/mol. The summed E-state index contributed by atoms with van der Waals surface area (Å²) in [6, 6.07) is 18.4. The van der Waals surface area contributed by atoms with Crippen molar-refractivity contribution in [2.75, 3.05) is 17.2 Å². The van der Waals surface area contributed by atoms with Crippen molar-refractivity contribution in [3.63, 3.8) is 0 Å². The number of carbonyl (C=O) groups excluding carboxylic acids is 2. The zero-order valence-corrected chi connectivity index (χ0v) is 14.4. The molecular formula is C20H19N3O4. The van der Waals surface area contributed by atoms with Crippen molar-refractivity contribution in [1.29, 1.82) is 0 Å². The molecule has 138 valence electrons.